The number of carbonyl (C=O) groups is 1. The number of benzene rings is 2. The SMILES string of the molecule is CCC(CC)n1cc(CC(=O)NCc2ccccn2)c2cc(-c3ccc4ncccc4c3)ccc21. The molecule has 2 aromatic carbocycles. The largest absolute Gasteiger partial charge is 0.350 e. The van der Waals surface area contributed by atoms with Crippen molar-refractivity contribution in [1.82, 2.24) is 19.9 Å². The third-order valence-corrected chi connectivity index (χ3v) is 6.73. The molecule has 5 aromatic rings. The maximum atomic E-state index is 12.9. The second-order valence-electron chi connectivity index (χ2n) is 8.95. The van der Waals surface area contributed by atoms with E-state index in [1.54, 1.807) is 6.20 Å². The molecule has 3 aromatic heterocycles. The molecule has 1 N–H and O–H groups in total. The molecule has 0 unspecified atom stereocenters. The molecule has 0 saturated carbocycles. The molecule has 35 heavy (non-hydrogen) atoms. The Hall–Kier alpha value is -3.99. The molecule has 5 rings (SSSR count). The van der Waals surface area contributed by atoms with Crippen LogP contribution in [0.1, 0.15) is 44.0 Å². The number of nitrogens with zero attached hydrogens (tertiary/aromatic N) is 3. The smallest absolute Gasteiger partial charge is 0.224 e. The van der Waals surface area contributed by atoms with E-state index in [9.17, 15) is 4.79 Å². The second kappa shape index (κ2) is 10.1. The fraction of sp³-hybridized carbons (Fsp3) is 0.233. The summed E-state index contributed by atoms with van der Waals surface area (Å²) in [5.41, 5.74) is 6.36. The van der Waals surface area contributed by atoms with Crippen LogP contribution in [-0.2, 0) is 17.8 Å². The molecule has 0 spiro atoms. The third-order valence-electron chi connectivity index (χ3n) is 6.73. The molecule has 0 bridgehead atoms. The number of hydrogen-bond donors (Lipinski definition) is 1. The molecule has 3 heterocycles. The Morgan fingerprint density at radius 3 is 2.51 bits per heavy atom. The van der Waals surface area contributed by atoms with Crippen LogP contribution in [0, 0.1) is 0 Å². The Labute approximate surface area is 205 Å². The summed E-state index contributed by atoms with van der Waals surface area (Å²) in [7, 11) is 0. The van der Waals surface area contributed by atoms with Crippen molar-refractivity contribution in [1.29, 1.82) is 0 Å². The zero-order chi connectivity index (χ0) is 24.2. The number of nitrogens with one attached hydrogen (secondary N) is 1. The molecule has 176 valence electrons. The van der Waals surface area contributed by atoms with Crippen LogP contribution in [0.25, 0.3) is 32.9 Å². The molecule has 0 aliphatic rings. The lowest BCUT2D eigenvalue weighted by molar-refractivity contribution is -0.120. The Balaban J connectivity index is 1.50. The quantitative estimate of drug-likeness (QED) is 0.287. The minimum atomic E-state index is 0.00133. The molecule has 0 atom stereocenters. The molecule has 0 aliphatic carbocycles. The van der Waals surface area contributed by atoms with Gasteiger partial charge in [-0.2, -0.15) is 0 Å². The van der Waals surface area contributed by atoms with Gasteiger partial charge in [0.15, 0.2) is 0 Å². The minimum Gasteiger partial charge on any atom is -0.350 e. The first-order chi connectivity index (χ1) is 17.2. The van der Waals surface area contributed by atoms with Crippen molar-refractivity contribution in [3.05, 3.63) is 96.6 Å². The first kappa shape index (κ1) is 22.8. The van der Waals surface area contributed by atoms with E-state index in [-0.39, 0.29) is 5.91 Å². The van der Waals surface area contributed by atoms with Crippen molar-refractivity contribution in [2.45, 2.75) is 45.7 Å². The molecule has 0 radical (unpaired) electrons. The predicted octanol–water partition coefficient (Wildman–Crippen LogP) is 6.47. The summed E-state index contributed by atoms with van der Waals surface area (Å²) in [4.78, 5) is 21.6. The van der Waals surface area contributed by atoms with Gasteiger partial charge in [0.25, 0.3) is 0 Å². The highest BCUT2D eigenvalue weighted by Crippen LogP contribution is 2.33. The van der Waals surface area contributed by atoms with Gasteiger partial charge in [-0.1, -0.05) is 38.1 Å². The molecule has 0 aliphatic heterocycles. The number of fused-ring (bicyclic) bond motifs is 2. The molecule has 1 amide bonds. The van der Waals surface area contributed by atoms with Crippen LogP contribution in [0.15, 0.2) is 85.3 Å². The van der Waals surface area contributed by atoms with E-state index in [4.69, 9.17) is 0 Å². The summed E-state index contributed by atoms with van der Waals surface area (Å²) in [6, 6.07) is 23.2. The first-order valence-corrected chi connectivity index (χ1v) is 12.3. The monoisotopic (exact) mass is 462 g/mol. The highest BCUT2D eigenvalue weighted by Gasteiger charge is 2.17. The standard InChI is InChI=1S/C30H30N4O/c1-3-26(4-2)34-20-24(18-30(35)33-19-25-9-5-6-14-31-25)27-17-22(11-13-29(27)34)21-10-12-28-23(16-21)8-7-15-32-28/h5-17,20,26H,3-4,18-19H2,1-2H3,(H,33,35). The van der Waals surface area contributed by atoms with E-state index in [0.29, 0.717) is 19.0 Å². The van der Waals surface area contributed by atoms with Gasteiger partial charge in [0.05, 0.1) is 24.2 Å². The van der Waals surface area contributed by atoms with Gasteiger partial charge in [0.1, 0.15) is 0 Å². The lowest BCUT2D eigenvalue weighted by atomic mass is 10.00. The van der Waals surface area contributed by atoms with Crippen LogP contribution in [0.5, 0.6) is 0 Å². The Bertz CT molecular complexity index is 1470. The predicted molar refractivity (Wildman–Crippen MR) is 142 cm³/mol. The van der Waals surface area contributed by atoms with Crippen molar-refractivity contribution >= 4 is 27.7 Å². The Kier molecular flexibility index (Phi) is 6.57. The number of hydrogen-bond acceptors (Lipinski definition) is 3. The first-order valence-electron chi connectivity index (χ1n) is 12.3. The second-order valence-corrected chi connectivity index (χ2v) is 8.95. The lowest BCUT2D eigenvalue weighted by Gasteiger charge is -2.16. The van der Waals surface area contributed by atoms with Crippen molar-refractivity contribution < 1.29 is 4.79 Å². The highest BCUT2D eigenvalue weighted by molar-refractivity contribution is 5.93. The fourth-order valence-corrected chi connectivity index (χ4v) is 4.81. The van der Waals surface area contributed by atoms with Gasteiger partial charge in [0.2, 0.25) is 5.91 Å². The van der Waals surface area contributed by atoms with Crippen LogP contribution in [0.4, 0.5) is 0 Å². The highest BCUT2D eigenvalue weighted by atomic mass is 16.1. The van der Waals surface area contributed by atoms with Gasteiger partial charge in [-0.25, -0.2) is 0 Å². The van der Waals surface area contributed by atoms with Crippen LogP contribution in [0.2, 0.25) is 0 Å². The summed E-state index contributed by atoms with van der Waals surface area (Å²) in [6.45, 7) is 4.87. The van der Waals surface area contributed by atoms with E-state index in [1.807, 2.05) is 30.5 Å². The summed E-state index contributed by atoms with van der Waals surface area (Å²) in [6.07, 6.45) is 8.17. The molecular formula is C30H30N4O. The summed E-state index contributed by atoms with van der Waals surface area (Å²) in [5, 5.41) is 5.28. The normalized spacial score (nSPS) is 11.4. The van der Waals surface area contributed by atoms with Crippen LogP contribution in [-0.4, -0.2) is 20.4 Å². The van der Waals surface area contributed by atoms with E-state index in [2.05, 4.69) is 82.4 Å². The summed E-state index contributed by atoms with van der Waals surface area (Å²) >= 11 is 0. The van der Waals surface area contributed by atoms with Gasteiger partial charge >= 0.3 is 0 Å². The molecular weight excluding hydrogens is 432 g/mol. The van der Waals surface area contributed by atoms with Gasteiger partial charge in [-0.3, -0.25) is 14.8 Å². The number of pyridine rings is 2. The van der Waals surface area contributed by atoms with Crippen molar-refractivity contribution in [2.24, 2.45) is 0 Å². The molecule has 0 saturated heterocycles. The Morgan fingerprint density at radius 2 is 1.71 bits per heavy atom. The van der Waals surface area contributed by atoms with E-state index in [1.165, 1.54) is 5.52 Å². The molecule has 5 nitrogen and oxygen atoms in total. The van der Waals surface area contributed by atoms with Gasteiger partial charge < -0.3 is 9.88 Å². The Morgan fingerprint density at radius 1 is 0.914 bits per heavy atom. The summed E-state index contributed by atoms with van der Waals surface area (Å²) in [5.74, 6) is 0.00133. The average molecular weight is 463 g/mol. The summed E-state index contributed by atoms with van der Waals surface area (Å²) < 4.78 is 2.35. The topological polar surface area (TPSA) is 59.8 Å². The zero-order valence-corrected chi connectivity index (χ0v) is 20.2. The van der Waals surface area contributed by atoms with Crippen LogP contribution >= 0.6 is 0 Å². The van der Waals surface area contributed by atoms with E-state index >= 15 is 0 Å². The lowest BCUT2D eigenvalue weighted by Crippen LogP contribution is -2.24. The number of rotatable bonds is 8. The number of amides is 1. The van der Waals surface area contributed by atoms with Gasteiger partial charge in [-0.05, 0) is 72.0 Å². The van der Waals surface area contributed by atoms with Crippen molar-refractivity contribution in [3.8, 4) is 11.1 Å². The number of aromatic nitrogens is 3. The van der Waals surface area contributed by atoms with Gasteiger partial charge in [-0.15, -0.1) is 0 Å². The molecule has 5 heteroatoms. The van der Waals surface area contributed by atoms with E-state index in [0.717, 1.165) is 51.5 Å². The maximum Gasteiger partial charge on any atom is 0.224 e. The van der Waals surface area contributed by atoms with Crippen LogP contribution < -0.4 is 5.32 Å². The fourth-order valence-electron chi connectivity index (χ4n) is 4.81. The minimum absolute atomic E-state index is 0.00133. The van der Waals surface area contributed by atoms with Gasteiger partial charge in [0, 0.05) is 40.9 Å². The maximum absolute atomic E-state index is 12.9. The van der Waals surface area contributed by atoms with Crippen LogP contribution in [0.3, 0.4) is 0 Å². The van der Waals surface area contributed by atoms with E-state index < -0.39 is 0 Å². The van der Waals surface area contributed by atoms with Crippen molar-refractivity contribution in [2.75, 3.05) is 0 Å². The zero-order valence-electron chi connectivity index (χ0n) is 20.2. The van der Waals surface area contributed by atoms with Crippen molar-refractivity contribution in [3.63, 3.8) is 0 Å². The average Bonchev–Trinajstić information content (AvgIpc) is 3.25. The number of carbonyl (C=O) groups excluding carboxylic acids is 1. The third kappa shape index (κ3) is 4.80. The molecule has 0 fully saturated rings.